The summed E-state index contributed by atoms with van der Waals surface area (Å²) in [6.07, 6.45) is 0. The number of fused-ring (bicyclic) bond motifs is 16. The van der Waals surface area contributed by atoms with Gasteiger partial charge < -0.3 is 27.9 Å². The Bertz CT molecular complexity index is 4480. The van der Waals surface area contributed by atoms with E-state index in [1.54, 1.807) is 0 Å². The van der Waals surface area contributed by atoms with Gasteiger partial charge in [0.25, 0.3) is 13.4 Å². The number of nitrogens with zero attached hydrogens (tertiary/aromatic N) is 3. The van der Waals surface area contributed by atoms with Gasteiger partial charge in [-0.25, -0.2) is 0 Å². The second-order valence-corrected chi connectivity index (χ2v) is 20.1. The first-order valence-corrected chi connectivity index (χ1v) is 24.5. The van der Waals surface area contributed by atoms with Gasteiger partial charge in [-0.15, -0.1) is 0 Å². The quantitative estimate of drug-likeness (QED) is 0.162. The van der Waals surface area contributed by atoms with Crippen LogP contribution in [0.15, 0.2) is 202 Å². The summed E-state index contributed by atoms with van der Waals surface area (Å²) in [6.45, 7) is -0.220. The first-order valence-electron chi connectivity index (χ1n) is 23.6. The van der Waals surface area contributed by atoms with Crippen LogP contribution < -0.4 is 47.2 Å². The van der Waals surface area contributed by atoms with Crippen LogP contribution in [0.3, 0.4) is 0 Å². The molecule has 10 aromatic carbocycles. The zero-order valence-corrected chi connectivity index (χ0v) is 37.3. The van der Waals surface area contributed by atoms with E-state index in [2.05, 4.69) is 202 Å². The number of ether oxygens (including phenoxy) is 2. The SMILES string of the molecule is c1cc2c3c(c1)B1c4ccc(-n5c6ccccc6c6ccccc65)cc4Oc4cc5c6c(c41)N3c1c(cc3oc4ccccc4c3c1B6c1ccc(-n3c4ccccc4c4ccccc43)cc1O5)S2. The average Bonchev–Trinajstić information content (AvgIpc) is 4.05. The van der Waals surface area contributed by atoms with Crippen molar-refractivity contribution in [3.63, 3.8) is 0 Å². The number of furan rings is 1. The predicted molar refractivity (Wildman–Crippen MR) is 284 cm³/mol. The third-order valence-electron chi connectivity index (χ3n) is 15.8. The normalized spacial score (nSPS) is 14.2. The van der Waals surface area contributed by atoms with Crippen LogP contribution in [0, 0.1) is 0 Å². The van der Waals surface area contributed by atoms with Crippen molar-refractivity contribution in [1.82, 2.24) is 9.13 Å². The summed E-state index contributed by atoms with van der Waals surface area (Å²) in [5.41, 5.74) is 19.4. The molecule has 0 unspecified atom stereocenters. The lowest BCUT2D eigenvalue weighted by atomic mass is 9.29. The zero-order chi connectivity index (χ0) is 44.4. The Hall–Kier alpha value is -8.52. The molecule has 0 aliphatic carbocycles. The van der Waals surface area contributed by atoms with Gasteiger partial charge in [-0.2, -0.15) is 0 Å². The summed E-state index contributed by atoms with van der Waals surface area (Å²) in [7, 11) is 0. The van der Waals surface area contributed by atoms with Crippen molar-refractivity contribution in [2.45, 2.75) is 9.79 Å². The van der Waals surface area contributed by atoms with Crippen LogP contribution in [0.2, 0.25) is 0 Å². The Balaban J connectivity index is 0.923. The highest BCUT2D eigenvalue weighted by atomic mass is 32.2. The number of anilines is 3. The molecular weight excluding hydrogens is 864 g/mol. The monoisotopic (exact) mass is 895 g/mol. The van der Waals surface area contributed by atoms with Gasteiger partial charge in [-0.1, -0.05) is 127 Å². The molecule has 0 atom stereocenters. The number of benzene rings is 10. The highest BCUT2D eigenvalue weighted by Crippen LogP contribution is 2.56. The van der Waals surface area contributed by atoms with Crippen molar-refractivity contribution in [1.29, 1.82) is 0 Å². The number of hydrogen-bond donors (Lipinski definition) is 0. The maximum absolute atomic E-state index is 7.40. The van der Waals surface area contributed by atoms with E-state index in [4.69, 9.17) is 13.9 Å². The van der Waals surface area contributed by atoms with Crippen LogP contribution in [-0.2, 0) is 0 Å². The molecule has 3 aromatic heterocycles. The first-order chi connectivity index (χ1) is 34.2. The van der Waals surface area contributed by atoms with Gasteiger partial charge >= 0.3 is 0 Å². The Morgan fingerprint density at radius 1 is 0.362 bits per heavy atom. The van der Waals surface area contributed by atoms with Crippen LogP contribution >= 0.6 is 11.8 Å². The Kier molecular flexibility index (Phi) is 6.37. The lowest BCUT2D eigenvalue weighted by Gasteiger charge is -2.49. The molecule has 8 heterocycles. The van der Waals surface area contributed by atoms with E-state index in [-0.39, 0.29) is 13.4 Å². The van der Waals surface area contributed by atoms with Crippen molar-refractivity contribution < 1.29 is 13.9 Å². The van der Waals surface area contributed by atoms with Gasteiger partial charge in [-0.3, -0.25) is 0 Å². The average molecular weight is 896 g/mol. The molecule has 0 spiro atoms. The van der Waals surface area contributed by atoms with E-state index in [1.807, 2.05) is 11.8 Å². The van der Waals surface area contributed by atoms with Gasteiger partial charge in [0.1, 0.15) is 34.2 Å². The standard InChI is InChI=1S/C60H31B2N3O3S/c1-6-18-42-34(12-1)35-13-2-7-19-43(35)63(42)32-24-26-39-47(28-32)67-50-30-51-56-60-55(50)61(39)41-17-11-23-52-58(41)65(60)59-53(69-52)31-49-54(38-16-5-10-22-46(38)66-49)57(59)62(56)40-27-25-33(29-48(40)68-51)64-44-20-8-3-14-36(44)37-15-4-9-21-45(37)64/h1-31H. The van der Waals surface area contributed by atoms with Gasteiger partial charge in [0, 0.05) is 77.4 Å². The molecule has 6 nitrogen and oxygen atoms in total. The van der Waals surface area contributed by atoms with Crippen molar-refractivity contribution in [2.24, 2.45) is 0 Å². The molecule has 69 heavy (non-hydrogen) atoms. The minimum Gasteiger partial charge on any atom is -0.458 e. The third-order valence-corrected chi connectivity index (χ3v) is 16.9. The molecule has 0 amide bonds. The lowest BCUT2D eigenvalue weighted by molar-refractivity contribution is 0.465. The fraction of sp³-hybridized carbons (Fsp3) is 0. The minimum atomic E-state index is -0.155. The highest BCUT2D eigenvalue weighted by Gasteiger charge is 2.53. The highest BCUT2D eigenvalue weighted by molar-refractivity contribution is 7.99. The molecule has 18 rings (SSSR count). The molecule has 0 saturated heterocycles. The van der Waals surface area contributed by atoms with E-state index in [1.165, 1.54) is 86.7 Å². The molecular formula is C60H31B2N3O3S. The molecule has 5 aliphatic rings. The van der Waals surface area contributed by atoms with E-state index in [0.717, 1.165) is 72.8 Å². The van der Waals surface area contributed by atoms with Crippen molar-refractivity contribution in [3.05, 3.63) is 188 Å². The van der Waals surface area contributed by atoms with Crippen LogP contribution in [0.4, 0.5) is 17.1 Å². The van der Waals surface area contributed by atoms with E-state index < -0.39 is 0 Å². The molecule has 5 aliphatic heterocycles. The first kappa shape index (κ1) is 35.6. The molecule has 13 aromatic rings. The summed E-state index contributed by atoms with van der Waals surface area (Å²) in [5.74, 6) is 3.35. The third kappa shape index (κ3) is 4.27. The summed E-state index contributed by atoms with van der Waals surface area (Å²) < 4.78 is 26.3. The van der Waals surface area contributed by atoms with Crippen LogP contribution in [-0.4, -0.2) is 22.6 Å². The molecule has 0 N–H and O–H groups in total. The summed E-state index contributed by atoms with van der Waals surface area (Å²) in [6, 6.07) is 68.4. The maximum Gasteiger partial charge on any atom is 0.257 e. The number of hydrogen-bond acceptors (Lipinski definition) is 5. The van der Waals surface area contributed by atoms with Gasteiger partial charge in [-0.05, 0) is 87.4 Å². The van der Waals surface area contributed by atoms with E-state index in [0.29, 0.717) is 0 Å². The minimum absolute atomic E-state index is 0.0654. The maximum atomic E-state index is 7.40. The zero-order valence-electron chi connectivity index (χ0n) is 36.5. The topological polar surface area (TPSA) is 44.7 Å². The fourth-order valence-electron chi connectivity index (χ4n) is 13.2. The second-order valence-electron chi connectivity index (χ2n) is 19.0. The largest absolute Gasteiger partial charge is 0.458 e. The lowest BCUT2D eigenvalue weighted by Crippen LogP contribution is -2.67. The second kappa shape index (κ2) is 12.3. The number of rotatable bonds is 2. The van der Waals surface area contributed by atoms with Crippen LogP contribution in [0.5, 0.6) is 23.0 Å². The van der Waals surface area contributed by atoms with Crippen molar-refractivity contribution >= 4 is 141 Å². The molecule has 0 fully saturated rings. The van der Waals surface area contributed by atoms with Gasteiger partial charge in [0.05, 0.1) is 33.4 Å². The molecule has 9 heteroatoms. The Morgan fingerprint density at radius 2 is 0.899 bits per heavy atom. The van der Waals surface area contributed by atoms with Gasteiger partial charge in [0.2, 0.25) is 0 Å². The summed E-state index contributed by atoms with van der Waals surface area (Å²) >= 11 is 1.86. The fourth-order valence-corrected chi connectivity index (χ4v) is 14.3. The molecule has 0 saturated carbocycles. The van der Waals surface area contributed by atoms with Crippen molar-refractivity contribution in [3.8, 4) is 34.4 Å². The molecule has 316 valence electrons. The van der Waals surface area contributed by atoms with Crippen LogP contribution in [0.1, 0.15) is 0 Å². The number of aromatic nitrogens is 2. The molecule has 0 radical (unpaired) electrons. The smallest absolute Gasteiger partial charge is 0.257 e. The Labute approximate surface area is 398 Å². The molecule has 0 bridgehead atoms. The van der Waals surface area contributed by atoms with Gasteiger partial charge in [0.15, 0.2) is 0 Å². The summed E-state index contributed by atoms with van der Waals surface area (Å²) in [5, 5.41) is 7.20. The van der Waals surface area contributed by atoms with E-state index in [9.17, 15) is 0 Å². The summed E-state index contributed by atoms with van der Waals surface area (Å²) in [4.78, 5) is 5.00. The van der Waals surface area contributed by atoms with Crippen LogP contribution in [0.25, 0.3) is 76.9 Å². The van der Waals surface area contributed by atoms with E-state index >= 15 is 0 Å². The van der Waals surface area contributed by atoms with Crippen molar-refractivity contribution in [2.75, 3.05) is 4.90 Å². The Morgan fingerprint density at radius 3 is 1.51 bits per heavy atom. The predicted octanol–water partition coefficient (Wildman–Crippen LogP) is 11.6. The number of para-hydroxylation sites is 6.